The summed E-state index contributed by atoms with van der Waals surface area (Å²) in [4.78, 5) is 27.8. The van der Waals surface area contributed by atoms with Crippen LogP contribution in [0.5, 0.6) is 0 Å². The quantitative estimate of drug-likeness (QED) is 0.820. The maximum Gasteiger partial charge on any atom is 0.262 e. The zero-order chi connectivity index (χ0) is 14.3. The molecule has 1 aromatic rings. The van der Waals surface area contributed by atoms with E-state index < -0.39 is 5.60 Å². The highest BCUT2D eigenvalue weighted by atomic mass is 16.3. The summed E-state index contributed by atoms with van der Waals surface area (Å²) >= 11 is 0. The van der Waals surface area contributed by atoms with Crippen LogP contribution in [-0.2, 0) is 0 Å². The van der Waals surface area contributed by atoms with E-state index in [0.29, 0.717) is 43.7 Å². The number of carbonyl (C=O) groups is 2. The van der Waals surface area contributed by atoms with Crippen LogP contribution in [0.4, 0.5) is 0 Å². The maximum atomic E-state index is 12.2. The van der Waals surface area contributed by atoms with E-state index in [9.17, 15) is 14.7 Å². The molecule has 1 N–H and O–H groups in total. The van der Waals surface area contributed by atoms with Crippen molar-refractivity contribution in [2.24, 2.45) is 0 Å². The van der Waals surface area contributed by atoms with Crippen molar-refractivity contribution in [2.45, 2.75) is 25.4 Å². The number of rotatable bonds is 2. The molecule has 5 heteroatoms. The van der Waals surface area contributed by atoms with E-state index in [1.165, 1.54) is 4.90 Å². The second-order valence-corrected chi connectivity index (χ2v) is 5.84. The van der Waals surface area contributed by atoms with Crippen molar-refractivity contribution in [3.63, 3.8) is 0 Å². The lowest BCUT2D eigenvalue weighted by atomic mass is 9.94. The van der Waals surface area contributed by atoms with E-state index in [-0.39, 0.29) is 11.8 Å². The first-order valence-electron chi connectivity index (χ1n) is 6.88. The van der Waals surface area contributed by atoms with Crippen LogP contribution in [0.1, 0.15) is 40.5 Å². The number of hydrogen-bond donors (Lipinski definition) is 1. The molecule has 1 aromatic carbocycles. The number of imide groups is 1. The Balaban J connectivity index is 1.71. The fraction of sp³-hybridized carbons (Fsp3) is 0.467. The Morgan fingerprint density at radius 2 is 1.60 bits per heavy atom. The smallest absolute Gasteiger partial charge is 0.262 e. The number of nitrogens with zero attached hydrogens (tertiary/aromatic N) is 2. The molecule has 0 aromatic heterocycles. The van der Waals surface area contributed by atoms with Gasteiger partial charge in [-0.25, -0.2) is 0 Å². The van der Waals surface area contributed by atoms with Gasteiger partial charge in [0.05, 0.1) is 23.4 Å². The number of carbonyl (C=O) groups excluding carboxylic acids is 2. The summed E-state index contributed by atoms with van der Waals surface area (Å²) in [5.41, 5.74) is 0.349. The van der Waals surface area contributed by atoms with Crippen LogP contribution in [0.3, 0.4) is 0 Å². The van der Waals surface area contributed by atoms with Gasteiger partial charge in [0.2, 0.25) is 0 Å². The summed E-state index contributed by atoms with van der Waals surface area (Å²) in [6.45, 7) is 3.52. The van der Waals surface area contributed by atoms with Crippen molar-refractivity contribution >= 4 is 11.8 Å². The molecule has 0 unspecified atom stereocenters. The van der Waals surface area contributed by atoms with Gasteiger partial charge in [0, 0.05) is 13.1 Å². The van der Waals surface area contributed by atoms with Gasteiger partial charge in [-0.1, -0.05) is 12.1 Å². The SMILES string of the molecule is CC1(O)CCN(CN2C(=O)c3ccccc3C2=O)CC1. The molecule has 2 heterocycles. The molecule has 2 aliphatic heterocycles. The van der Waals surface area contributed by atoms with Crippen LogP contribution in [0.25, 0.3) is 0 Å². The Morgan fingerprint density at radius 3 is 2.10 bits per heavy atom. The second kappa shape index (κ2) is 4.68. The highest BCUT2D eigenvalue weighted by Crippen LogP contribution is 2.25. The molecular weight excluding hydrogens is 256 g/mol. The Bertz CT molecular complexity index is 523. The largest absolute Gasteiger partial charge is 0.390 e. The molecule has 0 bridgehead atoms. The first-order chi connectivity index (χ1) is 9.48. The molecule has 106 valence electrons. The maximum absolute atomic E-state index is 12.2. The Morgan fingerprint density at radius 1 is 1.10 bits per heavy atom. The zero-order valence-electron chi connectivity index (χ0n) is 11.5. The summed E-state index contributed by atoms with van der Waals surface area (Å²) in [7, 11) is 0. The molecule has 3 rings (SSSR count). The topological polar surface area (TPSA) is 60.9 Å². The molecule has 0 saturated carbocycles. The lowest BCUT2D eigenvalue weighted by Crippen LogP contribution is -2.48. The number of aliphatic hydroxyl groups is 1. The molecule has 5 nitrogen and oxygen atoms in total. The van der Waals surface area contributed by atoms with Gasteiger partial charge in [-0.05, 0) is 31.9 Å². The Labute approximate surface area is 117 Å². The van der Waals surface area contributed by atoms with Crippen LogP contribution < -0.4 is 0 Å². The molecule has 0 radical (unpaired) electrons. The minimum Gasteiger partial charge on any atom is -0.390 e. The van der Waals surface area contributed by atoms with Crippen LogP contribution in [0.15, 0.2) is 24.3 Å². The van der Waals surface area contributed by atoms with Gasteiger partial charge in [0.25, 0.3) is 11.8 Å². The Hall–Kier alpha value is -1.72. The highest BCUT2D eigenvalue weighted by Gasteiger charge is 2.37. The number of benzene rings is 1. The molecule has 1 saturated heterocycles. The van der Waals surface area contributed by atoms with Crippen molar-refractivity contribution < 1.29 is 14.7 Å². The number of hydrogen-bond acceptors (Lipinski definition) is 4. The summed E-state index contributed by atoms with van der Waals surface area (Å²) < 4.78 is 0. The lowest BCUT2D eigenvalue weighted by molar-refractivity contribution is -0.0149. The van der Waals surface area contributed by atoms with Crippen molar-refractivity contribution in [3.05, 3.63) is 35.4 Å². The zero-order valence-corrected chi connectivity index (χ0v) is 11.5. The predicted octanol–water partition coefficient (Wildman–Crippen LogP) is 1.09. The molecule has 0 spiro atoms. The number of piperidine rings is 1. The highest BCUT2D eigenvalue weighted by molar-refractivity contribution is 6.21. The molecule has 2 aliphatic rings. The average Bonchev–Trinajstić information content (AvgIpc) is 2.67. The molecular formula is C15H18N2O3. The van der Waals surface area contributed by atoms with E-state index in [4.69, 9.17) is 0 Å². The number of likely N-dealkylation sites (tertiary alicyclic amines) is 1. The normalized spacial score (nSPS) is 22.2. The molecule has 1 fully saturated rings. The minimum atomic E-state index is -0.626. The number of fused-ring (bicyclic) bond motifs is 1. The third-order valence-corrected chi connectivity index (χ3v) is 4.15. The fourth-order valence-corrected chi connectivity index (χ4v) is 2.74. The summed E-state index contributed by atoms with van der Waals surface area (Å²) in [6.07, 6.45) is 1.33. The molecule has 0 atom stereocenters. The summed E-state index contributed by atoms with van der Waals surface area (Å²) in [6, 6.07) is 6.92. The van der Waals surface area contributed by atoms with Gasteiger partial charge in [-0.2, -0.15) is 0 Å². The molecule has 20 heavy (non-hydrogen) atoms. The van der Waals surface area contributed by atoms with E-state index in [1.54, 1.807) is 24.3 Å². The first-order valence-corrected chi connectivity index (χ1v) is 6.88. The monoisotopic (exact) mass is 274 g/mol. The third-order valence-electron chi connectivity index (χ3n) is 4.15. The van der Waals surface area contributed by atoms with E-state index in [2.05, 4.69) is 0 Å². The van der Waals surface area contributed by atoms with Gasteiger partial charge >= 0.3 is 0 Å². The van der Waals surface area contributed by atoms with Gasteiger partial charge in [-0.3, -0.25) is 19.4 Å². The number of amides is 2. The van der Waals surface area contributed by atoms with Crippen molar-refractivity contribution in [2.75, 3.05) is 19.8 Å². The van der Waals surface area contributed by atoms with Gasteiger partial charge in [-0.15, -0.1) is 0 Å². The third kappa shape index (κ3) is 2.23. The standard InChI is InChI=1S/C15H18N2O3/c1-15(20)6-8-16(9-7-15)10-17-13(18)11-4-2-3-5-12(11)14(17)19/h2-5,20H,6-10H2,1H3. The first kappa shape index (κ1) is 13.3. The molecule has 2 amide bonds. The minimum absolute atomic E-state index is 0.220. The second-order valence-electron chi connectivity index (χ2n) is 5.84. The fourth-order valence-electron chi connectivity index (χ4n) is 2.74. The Kier molecular flexibility index (Phi) is 3.11. The van der Waals surface area contributed by atoms with Gasteiger partial charge in [0.1, 0.15) is 0 Å². The van der Waals surface area contributed by atoms with Crippen LogP contribution in [-0.4, -0.2) is 52.1 Å². The summed E-state index contributed by atoms with van der Waals surface area (Å²) in [5, 5.41) is 9.92. The van der Waals surface area contributed by atoms with Crippen molar-refractivity contribution in [3.8, 4) is 0 Å². The van der Waals surface area contributed by atoms with Crippen molar-refractivity contribution in [1.82, 2.24) is 9.80 Å². The average molecular weight is 274 g/mol. The van der Waals surface area contributed by atoms with Crippen LogP contribution >= 0.6 is 0 Å². The van der Waals surface area contributed by atoms with Crippen LogP contribution in [0.2, 0.25) is 0 Å². The predicted molar refractivity (Wildman–Crippen MR) is 73.2 cm³/mol. The van der Waals surface area contributed by atoms with E-state index in [0.717, 1.165) is 0 Å². The van der Waals surface area contributed by atoms with Gasteiger partial charge in [0.15, 0.2) is 0 Å². The van der Waals surface area contributed by atoms with E-state index >= 15 is 0 Å². The van der Waals surface area contributed by atoms with Gasteiger partial charge < -0.3 is 5.11 Å². The van der Waals surface area contributed by atoms with Crippen molar-refractivity contribution in [1.29, 1.82) is 0 Å². The summed E-state index contributed by atoms with van der Waals surface area (Å²) in [5.74, 6) is -0.439. The van der Waals surface area contributed by atoms with E-state index in [1.807, 2.05) is 11.8 Å². The van der Waals surface area contributed by atoms with Crippen LogP contribution in [0, 0.1) is 0 Å². The lowest BCUT2D eigenvalue weighted by Gasteiger charge is -2.37. The molecule has 0 aliphatic carbocycles.